The van der Waals surface area contributed by atoms with E-state index in [4.69, 9.17) is 16.3 Å². The predicted octanol–water partition coefficient (Wildman–Crippen LogP) is 2.58. The average molecular weight is 428 g/mol. The number of halogens is 1. The van der Waals surface area contributed by atoms with E-state index in [2.05, 4.69) is 17.0 Å². The van der Waals surface area contributed by atoms with Gasteiger partial charge in [0.15, 0.2) is 6.10 Å². The van der Waals surface area contributed by atoms with Crippen LogP contribution in [0.3, 0.4) is 0 Å². The molecule has 2 heterocycles. The molecule has 0 aliphatic carbocycles. The van der Waals surface area contributed by atoms with Crippen LogP contribution in [0.2, 0.25) is 5.02 Å². The van der Waals surface area contributed by atoms with Crippen molar-refractivity contribution in [3.63, 3.8) is 0 Å². The van der Waals surface area contributed by atoms with Crippen molar-refractivity contribution in [2.75, 3.05) is 39.8 Å². The van der Waals surface area contributed by atoms with Crippen molar-refractivity contribution in [1.29, 1.82) is 0 Å². The van der Waals surface area contributed by atoms with Crippen LogP contribution in [-0.4, -0.2) is 72.5 Å². The van der Waals surface area contributed by atoms with Crippen LogP contribution in [0.1, 0.15) is 17.2 Å². The van der Waals surface area contributed by atoms with E-state index in [1.807, 2.05) is 35.2 Å². The molecule has 158 valence electrons. The topological polar surface area (TPSA) is 53.1 Å². The molecule has 4 rings (SSSR count). The summed E-state index contributed by atoms with van der Waals surface area (Å²) < 4.78 is 5.77. The lowest BCUT2D eigenvalue weighted by atomic mass is 9.97. The number of nitrogens with zero attached hydrogens (tertiary/aromatic N) is 3. The second kappa shape index (κ2) is 9.16. The van der Waals surface area contributed by atoms with Crippen LogP contribution in [0, 0.1) is 0 Å². The lowest BCUT2D eigenvalue weighted by molar-refractivity contribution is -0.168. The molecule has 30 heavy (non-hydrogen) atoms. The normalized spacial score (nSPS) is 22.9. The third-order valence-corrected chi connectivity index (χ3v) is 6.12. The maximum Gasteiger partial charge on any atom is 0.254 e. The van der Waals surface area contributed by atoms with Crippen LogP contribution in [-0.2, 0) is 20.9 Å². The number of amides is 2. The Kier molecular flexibility index (Phi) is 6.37. The second-order valence-corrected chi connectivity index (χ2v) is 8.26. The van der Waals surface area contributed by atoms with Gasteiger partial charge in [0.25, 0.3) is 5.91 Å². The number of morpholine rings is 1. The van der Waals surface area contributed by atoms with Gasteiger partial charge in [-0.2, -0.15) is 0 Å². The van der Waals surface area contributed by atoms with Crippen LogP contribution < -0.4 is 0 Å². The largest absolute Gasteiger partial charge is 0.356 e. The summed E-state index contributed by atoms with van der Waals surface area (Å²) in [5.74, 6) is -0.194. The molecule has 2 amide bonds. The van der Waals surface area contributed by atoms with Gasteiger partial charge in [0.2, 0.25) is 5.91 Å². The van der Waals surface area contributed by atoms with Crippen LogP contribution in [0.15, 0.2) is 54.6 Å². The molecule has 0 saturated carbocycles. The minimum atomic E-state index is -0.713. The maximum atomic E-state index is 13.3. The zero-order valence-electron chi connectivity index (χ0n) is 17.0. The highest BCUT2D eigenvalue weighted by Crippen LogP contribution is 2.31. The quantitative estimate of drug-likeness (QED) is 0.752. The first-order valence-electron chi connectivity index (χ1n) is 10.2. The first kappa shape index (κ1) is 20.8. The Morgan fingerprint density at radius 3 is 2.37 bits per heavy atom. The molecule has 2 aliphatic heterocycles. The standard InChI is InChI=1S/C23H26ClN3O3/c1-25-20(28)16-30-22(21(25)18-7-9-19(24)10-8-18)23(29)27-13-11-26(12-14-27)15-17-5-3-2-4-6-17/h2-10,21-22H,11-16H2,1H3/t21-,22-/m0/s1. The molecular formula is C23H26ClN3O3. The van der Waals surface area contributed by atoms with Crippen molar-refractivity contribution in [3.05, 3.63) is 70.7 Å². The number of hydrogen-bond donors (Lipinski definition) is 0. The molecule has 2 saturated heterocycles. The summed E-state index contributed by atoms with van der Waals surface area (Å²) in [7, 11) is 1.72. The van der Waals surface area contributed by atoms with E-state index >= 15 is 0 Å². The molecule has 0 unspecified atom stereocenters. The van der Waals surface area contributed by atoms with E-state index in [1.54, 1.807) is 24.1 Å². The van der Waals surface area contributed by atoms with Crippen molar-refractivity contribution in [2.45, 2.75) is 18.7 Å². The summed E-state index contributed by atoms with van der Waals surface area (Å²) in [5, 5.41) is 0.613. The number of carbonyl (C=O) groups excluding carboxylic acids is 2. The molecule has 0 spiro atoms. The SMILES string of the molecule is CN1C(=O)CO[C@H](C(=O)N2CCN(Cc3ccccc3)CC2)[C@@H]1c1ccc(Cl)cc1. The average Bonchev–Trinajstić information content (AvgIpc) is 2.77. The summed E-state index contributed by atoms with van der Waals surface area (Å²) in [4.78, 5) is 31.4. The summed E-state index contributed by atoms with van der Waals surface area (Å²) in [6.07, 6.45) is -0.713. The molecule has 7 heteroatoms. The van der Waals surface area contributed by atoms with E-state index in [1.165, 1.54) is 5.56 Å². The zero-order valence-corrected chi connectivity index (χ0v) is 17.8. The minimum absolute atomic E-state index is 0.0614. The number of piperazine rings is 1. The van der Waals surface area contributed by atoms with Crippen molar-refractivity contribution in [1.82, 2.24) is 14.7 Å². The molecule has 2 aromatic carbocycles. The molecule has 0 bridgehead atoms. The van der Waals surface area contributed by atoms with E-state index in [-0.39, 0.29) is 18.4 Å². The summed E-state index contributed by atoms with van der Waals surface area (Å²) in [5.41, 5.74) is 2.12. The highest BCUT2D eigenvalue weighted by atomic mass is 35.5. The molecule has 2 aromatic rings. The third kappa shape index (κ3) is 4.51. The molecule has 2 fully saturated rings. The van der Waals surface area contributed by atoms with Crippen LogP contribution in [0.25, 0.3) is 0 Å². The Morgan fingerprint density at radius 1 is 1.03 bits per heavy atom. The molecular weight excluding hydrogens is 402 g/mol. The van der Waals surface area contributed by atoms with Gasteiger partial charge in [0.1, 0.15) is 6.61 Å². The number of likely N-dealkylation sites (N-methyl/N-ethyl adjacent to an activating group) is 1. The van der Waals surface area contributed by atoms with Crippen molar-refractivity contribution in [2.24, 2.45) is 0 Å². The fourth-order valence-corrected chi connectivity index (χ4v) is 4.25. The van der Waals surface area contributed by atoms with Crippen LogP contribution in [0.5, 0.6) is 0 Å². The zero-order chi connectivity index (χ0) is 21.1. The van der Waals surface area contributed by atoms with Gasteiger partial charge in [-0.15, -0.1) is 0 Å². The molecule has 2 aliphatic rings. The molecule has 0 N–H and O–H groups in total. The Balaban J connectivity index is 1.43. The van der Waals surface area contributed by atoms with E-state index in [9.17, 15) is 9.59 Å². The highest BCUT2D eigenvalue weighted by molar-refractivity contribution is 6.30. The van der Waals surface area contributed by atoms with E-state index in [0.717, 1.165) is 25.2 Å². The smallest absolute Gasteiger partial charge is 0.254 e. The number of benzene rings is 2. The van der Waals surface area contributed by atoms with Crippen LogP contribution >= 0.6 is 11.6 Å². The van der Waals surface area contributed by atoms with E-state index in [0.29, 0.717) is 18.1 Å². The highest BCUT2D eigenvalue weighted by Gasteiger charge is 2.42. The lowest BCUT2D eigenvalue weighted by Crippen LogP contribution is -2.57. The predicted molar refractivity (Wildman–Crippen MR) is 115 cm³/mol. The Labute approximate surface area is 182 Å². The van der Waals surface area contributed by atoms with Gasteiger partial charge in [-0.3, -0.25) is 14.5 Å². The van der Waals surface area contributed by atoms with Gasteiger partial charge < -0.3 is 14.5 Å². The van der Waals surface area contributed by atoms with Gasteiger partial charge in [0, 0.05) is 44.8 Å². The first-order chi connectivity index (χ1) is 14.5. The molecule has 2 atom stereocenters. The van der Waals surface area contributed by atoms with Gasteiger partial charge in [0.05, 0.1) is 6.04 Å². The monoisotopic (exact) mass is 427 g/mol. The Bertz CT molecular complexity index is 882. The van der Waals surface area contributed by atoms with Gasteiger partial charge in [-0.1, -0.05) is 54.1 Å². The number of carbonyl (C=O) groups is 2. The maximum absolute atomic E-state index is 13.3. The summed E-state index contributed by atoms with van der Waals surface area (Å²) in [6, 6.07) is 17.1. The molecule has 0 aromatic heterocycles. The number of ether oxygens (including phenoxy) is 1. The molecule has 0 radical (unpaired) electrons. The molecule has 6 nitrogen and oxygen atoms in total. The first-order valence-corrected chi connectivity index (χ1v) is 10.6. The van der Waals surface area contributed by atoms with Gasteiger partial charge in [-0.05, 0) is 23.3 Å². The van der Waals surface area contributed by atoms with Gasteiger partial charge >= 0.3 is 0 Å². The van der Waals surface area contributed by atoms with E-state index < -0.39 is 12.1 Å². The summed E-state index contributed by atoms with van der Waals surface area (Å²) >= 11 is 6.02. The fraction of sp³-hybridized carbons (Fsp3) is 0.391. The number of rotatable bonds is 4. The summed E-state index contributed by atoms with van der Waals surface area (Å²) in [6.45, 7) is 3.73. The van der Waals surface area contributed by atoms with Crippen molar-refractivity contribution >= 4 is 23.4 Å². The van der Waals surface area contributed by atoms with Crippen LogP contribution in [0.4, 0.5) is 0 Å². The number of hydrogen-bond acceptors (Lipinski definition) is 4. The van der Waals surface area contributed by atoms with Crippen molar-refractivity contribution in [3.8, 4) is 0 Å². The van der Waals surface area contributed by atoms with Crippen molar-refractivity contribution < 1.29 is 14.3 Å². The second-order valence-electron chi connectivity index (χ2n) is 7.82. The minimum Gasteiger partial charge on any atom is -0.356 e. The fourth-order valence-electron chi connectivity index (χ4n) is 4.12. The van der Waals surface area contributed by atoms with Gasteiger partial charge in [-0.25, -0.2) is 0 Å². The third-order valence-electron chi connectivity index (χ3n) is 5.87. The Hall–Kier alpha value is -2.41. The Morgan fingerprint density at radius 2 is 1.70 bits per heavy atom. The lowest BCUT2D eigenvalue weighted by Gasteiger charge is -2.42.